The molecule has 0 aliphatic heterocycles. The van der Waals surface area contributed by atoms with E-state index in [2.05, 4.69) is 12.2 Å². The van der Waals surface area contributed by atoms with Crippen molar-refractivity contribution in [1.82, 2.24) is 5.32 Å². The predicted octanol–water partition coefficient (Wildman–Crippen LogP) is 4.16. The van der Waals surface area contributed by atoms with Crippen LogP contribution in [0, 0.1) is 5.82 Å². The molecule has 0 spiro atoms. The van der Waals surface area contributed by atoms with Crippen molar-refractivity contribution in [2.75, 3.05) is 6.54 Å². The van der Waals surface area contributed by atoms with Crippen molar-refractivity contribution >= 4 is 11.6 Å². The molecule has 18 heavy (non-hydrogen) atoms. The van der Waals surface area contributed by atoms with Crippen LogP contribution in [0.2, 0.25) is 5.02 Å². The van der Waals surface area contributed by atoms with Gasteiger partial charge in [-0.25, -0.2) is 4.39 Å². The van der Waals surface area contributed by atoms with Crippen molar-refractivity contribution in [3.63, 3.8) is 0 Å². The second kappa shape index (κ2) is 6.03. The van der Waals surface area contributed by atoms with E-state index >= 15 is 0 Å². The Hall–Kier alpha value is -1.32. The molecule has 1 N–H and O–H groups in total. The van der Waals surface area contributed by atoms with Gasteiger partial charge in [0.2, 0.25) is 0 Å². The number of hydrogen-bond donors (Lipinski definition) is 1. The summed E-state index contributed by atoms with van der Waals surface area (Å²) in [7, 11) is 0. The number of hydrogen-bond acceptors (Lipinski definition) is 2. The van der Waals surface area contributed by atoms with Gasteiger partial charge in [-0.1, -0.05) is 30.7 Å². The van der Waals surface area contributed by atoms with Crippen molar-refractivity contribution < 1.29 is 8.81 Å². The minimum Gasteiger partial charge on any atom is -0.472 e. The normalized spacial score (nSPS) is 12.6. The van der Waals surface area contributed by atoms with E-state index < -0.39 is 5.82 Å². The first kappa shape index (κ1) is 13.1. The lowest BCUT2D eigenvalue weighted by molar-refractivity contribution is 0.546. The molecule has 0 bridgehead atoms. The maximum absolute atomic E-state index is 13.5. The fourth-order valence-electron chi connectivity index (χ4n) is 1.88. The highest BCUT2D eigenvalue weighted by molar-refractivity contribution is 6.31. The molecule has 0 fully saturated rings. The SMILES string of the molecule is CCCNC(c1ccoc1)c1cccc(F)c1Cl. The minimum atomic E-state index is -0.402. The smallest absolute Gasteiger partial charge is 0.142 e. The van der Waals surface area contributed by atoms with E-state index in [1.165, 1.54) is 6.07 Å². The number of nitrogens with one attached hydrogen (secondary N) is 1. The largest absolute Gasteiger partial charge is 0.472 e. The summed E-state index contributed by atoms with van der Waals surface area (Å²) in [4.78, 5) is 0. The molecule has 0 radical (unpaired) electrons. The van der Waals surface area contributed by atoms with Crippen LogP contribution >= 0.6 is 11.6 Å². The molecule has 1 aromatic carbocycles. The van der Waals surface area contributed by atoms with Gasteiger partial charge in [-0.3, -0.25) is 0 Å². The molecule has 1 heterocycles. The van der Waals surface area contributed by atoms with Gasteiger partial charge in [-0.05, 0) is 30.7 Å². The van der Waals surface area contributed by atoms with Crippen LogP contribution in [0.15, 0.2) is 41.2 Å². The fraction of sp³-hybridized carbons (Fsp3) is 0.286. The Labute approximate surface area is 111 Å². The fourth-order valence-corrected chi connectivity index (χ4v) is 2.11. The Morgan fingerprint density at radius 3 is 2.89 bits per heavy atom. The average molecular weight is 268 g/mol. The molecule has 4 heteroatoms. The molecule has 0 amide bonds. The maximum Gasteiger partial charge on any atom is 0.142 e. The standard InChI is InChI=1S/C14H15ClFNO/c1-2-7-17-14(10-6-8-18-9-10)11-4-3-5-12(16)13(11)15/h3-6,8-9,14,17H,2,7H2,1H3. The van der Waals surface area contributed by atoms with Gasteiger partial charge >= 0.3 is 0 Å². The van der Waals surface area contributed by atoms with Crippen molar-refractivity contribution in [2.24, 2.45) is 0 Å². The Morgan fingerprint density at radius 1 is 1.39 bits per heavy atom. The molecule has 1 atom stereocenters. The highest BCUT2D eigenvalue weighted by atomic mass is 35.5. The number of rotatable bonds is 5. The van der Waals surface area contributed by atoms with E-state index in [0.29, 0.717) is 0 Å². The summed E-state index contributed by atoms with van der Waals surface area (Å²) in [5, 5.41) is 3.50. The zero-order valence-electron chi connectivity index (χ0n) is 10.1. The molecule has 96 valence electrons. The van der Waals surface area contributed by atoms with Gasteiger partial charge in [0.1, 0.15) is 5.82 Å². The third-order valence-corrected chi connectivity index (χ3v) is 3.17. The third kappa shape index (κ3) is 2.74. The van der Waals surface area contributed by atoms with Gasteiger partial charge < -0.3 is 9.73 Å². The van der Waals surface area contributed by atoms with E-state index in [-0.39, 0.29) is 11.1 Å². The number of benzene rings is 1. The van der Waals surface area contributed by atoms with Gasteiger partial charge in [-0.15, -0.1) is 0 Å². The lowest BCUT2D eigenvalue weighted by Crippen LogP contribution is -2.23. The first-order chi connectivity index (χ1) is 8.74. The molecule has 2 nitrogen and oxygen atoms in total. The second-order valence-corrected chi connectivity index (χ2v) is 4.46. The summed E-state index contributed by atoms with van der Waals surface area (Å²) in [6, 6.07) is 6.56. The molecule has 0 saturated heterocycles. The van der Waals surface area contributed by atoms with Gasteiger partial charge in [0.15, 0.2) is 0 Å². The highest BCUT2D eigenvalue weighted by Crippen LogP contribution is 2.30. The molecule has 2 rings (SSSR count). The Kier molecular flexibility index (Phi) is 4.39. The van der Waals surface area contributed by atoms with Crippen LogP contribution < -0.4 is 5.32 Å². The number of furan rings is 1. The van der Waals surface area contributed by atoms with E-state index in [9.17, 15) is 4.39 Å². The first-order valence-electron chi connectivity index (χ1n) is 5.93. The number of halogens is 2. The molecule has 0 aliphatic rings. The molecular formula is C14H15ClFNO. The molecule has 1 unspecified atom stereocenters. The average Bonchev–Trinajstić information content (AvgIpc) is 2.88. The summed E-state index contributed by atoms with van der Waals surface area (Å²) in [6.07, 6.45) is 4.24. The van der Waals surface area contributed by atoms with E-state index in [1.807, 2.05) is 12.1 Å². The van der Waals surface area contributed by atoms with Crippen LogP contribution in [-0.2, 0) is 0 Å². The lowest BCUT2D eigenvalue weighted by atomic mass is 10.0. The van der Waals surface area contributed by atoms with Gasteiger partial charge in [-0.2, -0.15) is 0 Å². The summed E-state index contributed by atoms with van der Waals surface area (Å²) >= 11 is 6.04. The monoisotopic (exact) mass is 267 g/mol. The first-order valence-corrected chi connectivity index (χ1v) is 6.31. The Balaban J connectivity index is 2.37. The van der Waals surface area contributed by atoms with Crippen LogP contribution in [0.25, 0.3) is 0 Å². The molecular weight excluding hydrogens is 253 g/mol. The molecule has 1 aromatic heterocycles. The minimum absolute atomic E-state index is 0.146. The zero-order valence-corrected chi connectivity index (χ0v) is 10.9. The molecule has 0 saturated carbocycles. The molecule has 2 aromatic rings. The van der Waals surface area contributed by atoms with Crippen molar-refractivity contribution in [2.45, 2.75) is 19.4 Å². The zero-order chi connectivity index (χ0) is 13.0. The van der Waals surface area contributed by atoms with Crippen LogP contribution in [0.4, 0.5) is 4.39 Å². The van der Waals surface area contributed by atoms with Crippen LogP contribution in [-0.4, -0.2) is 6.54 Å². The van der Waals surface area contributed by atoms with E-state index in [0.717, 1.165) is 24.1 Å². The predicted molar refractivity (Wildman–Crippen MR) is 70.3 cm³/mol. The maximum atomic E-state index is 13.5. The Bertz CT molecular complexity index is 499. The van der Waals surface area contributed by atoms with E-state index in [4.69, 9.17) is 16.0 Å². The molecule has 0 aliphatic carbocycles. The van der Waals surface area contributed by atoms with Crippen LogP contribution in [0.3, 0.4) is 0 Å². The van der Waals surface area contributed by atoms with Gasteiger partial charge in [0.25, 0.3) is 0 Å². The van der Waals surface area contributed by atoms with Crippen LogP contribution in [0.1, 0.15) is 30.5 Å². The van der Waals surface area contributed by atoms with Crippen molar-refractivity contribution in [1.29, 1.82) is 0 Å². The third-order valence-electron chi connectivity index (χ3n) is 2.77. The van der Waals surface area contributed by atoms with Crippen LogP contribution in [0.5, 0.6) is 0 Å². The lowest BCUT2D eigenvalue weighted by Gasteiger charge is -2.19. The topological polar surface area (TPSA) is 25.2 Å². The summed E-state index contributed by atoms with van der Waals surface area (Å²) in [5.74, 6) is -0.402. The van der Waals surface area contributed by atoms with Crippen molar-refractivity contribution in [3.05, 3.63) is 58.8 Å². The summed E-state index contributed by atoms with van der Waals surface area (Å²) in [5.41, 5.74) is 1.67. The summed E-state index contributed by atoms with van der Waals surface area (Å²) < 4.78 is 18.6. The second-order valence-electron chi connectivity index (χ2n) is 4.09. The van der Waals surface area contributed by atoms with E-state index in [1.54, 1.807) is 18.6 Å². The van der Waals surface area contributed by atoms with Gasteiger partial charge in [0.05, 0.1) is 23.6 Å². The van der Waals surface area contributed by atoms with Gasteiger partial charge in [0, 0.05) is 5.56 Å². The Morgan fingerprint density at radius 2 is 2.22 bits per heavy atom. The summed E-state index contributed by atoms with van der Waals surface area (Å²) in [6.45, 7) is 2.90. The highest BCUT2D eigenvalue weighted by Gasteiger charge is 2.19. The quantitative estimate of drug-likeness (QED) is 0.880. The van der Waals surface area contributed by atoms with Crippen molar-refractivity contribution in [3.8, 4) is 0 Å².